The maximum atomic E-state index is 14.0. The Labute approximate surface area is 177 Å². The zero-order valence-electron chi connectivity index (χ0n) is 16.0. The second-order valence-corrected chi connectivity index (χ2v) is 6.95. The third-order valence-electron chi connectivity index (χ3n) is 5.06. The van der Waals surface area contributed by atoms with E-state index >= 15 is 0 Å². The number of benzene rings is 1. The van der Waals surface area contributed by atoms with E-state index in [9.17, 15) is 9.18 Å². The van der Waals surface area contributed by atoms with Gasteiger partial charge in [0.2, 0.25) is 0 Å². The molecule has 0 radical (unpaired) electrons. The summed E-state index contributed by atoms with van der Waals surface area (Å²) in [7, 11) is 0. The first-order chi connectivity index (χ1) is 12.6. The molecule has 5 nitrogen and oxygen atoms in total. The third-order valence-corrected chi connectivity index (χ3v) is 5.06. The van der Waals surface area contributed by atoms with Crippen LogP contribution in [0.1, 0.15) is 44.6 Å². The van der Waals surface area contributed by atoms with E-state index in [0.29, 0.717) is 19.7 Å². The molecule has 1 heterocycles. The van der Waals surface area contributed by atoms with Gasteiger partial charge in [-0.25, -0.2) is 4.39 Å². The molecule has 3 atom stereocenters. The molecule has 2 aliphatic rings. The Morgan fingerprint density at radius 1 is 1.37 bits per heavy atom. The van der Waals surface area contributed by atoms with Crippen molar-refractivity contribution >= 4 is 35.9 Å². The largest absolute Gasteiger partial charge is 0.466 e. The number of ether oxygens (including phenoxy) is 1. The number of rotatable bonds is 5. The van der Waals surface area contributed by atoms with Crippen LogP contribution in [0.15, 0.2) is 29.3 Å². The van der Waals surface area contributed by atoms with Crippen LogP contribution in [0.2, 0.25) is 0 Å². The standard InChI is InChI=1S/C20H28FN3O2.HI/c1-3-22-20(24-11-7-8-14(13-24)19(25)26-4-2)23-18-12-16(18)15-9-5-6-10-17(15)21;/h5-6,9-10,14,16,18H,3-4,7-8,11-13H2,1-2H3,(H,22,23);1H. The van der Waals surface area contributed by atoms with Gasteiger partial charge in [-0.05, 0) is 44.7 Å². The number of likely N-dealkylation sites (tertiary alicyclic amines) is 1. The number of carbonyl (C=O) groups excluding carboxylic acids is 1. The van der Waals surface area contributed by atoms with Crippen molar-refractivity contribution in [1.82, 2.24) is 10.2 Å². The average molecular weight is 489 g/mol. The van der Waals surface area contributed by atoms with Crippen LogP contribution in [0.3, 0.4) is 0 Å². The summed E-state index contributed by atoms with van der Waals surface area (Å²) in [5.74, 6) is 0.642. The molecule has 1 aromatic carbocycles. The van der Waals surface area contributed by atoms with Gasteiger partial charge in [0, 0.05) is 31.6 Å². The maximum absolute atomic E-state index is 14.0. The lowest BCUT2D eigenvalue weighted by molar-refractivity contribution is -0.149. The number of nitrogens with zero attached hydrogens (tertiary/aromatic N) is 2. The number of guanidine groups is 1. The summed E-state index contributed by atoms with van der Waals surface area (Å²) in [4.78, 5) is 18.8. The molecule has 0 aromatic heterocycles. The summed E-state index contributed by atoms with van der Waals surface area (Å²) < 4.78 is 19.2. The summed E-state index contributed by atoms with van der Waals surface area (Å²) in [6, 6.07) is 7.16. The van der Waals surface area contributed by atoms with Gasteiger partial charge in [-0.1, -0.05) is 18.2 Å². The number of hydrogen-bond donors (Lipinski definition) is 1. The van der Waals surface area contributed by atoms with Crippen molar-refractivity contribution in [3.8, 4) is 0 Å². The van der Waals surface area contributed by atoms with Gasteiger partial charge in [0.1, 0.15) is 5.82 Å². The Morgan fingerprint density at radius 2 is 2.15 bits per heavy atom. The zero-order valence-corrected chi connectivity index (χ0v) is 18.3. The van der Waals surface area contributed by atoms with E-state index < -0.39 is 0 Å². The predicted molar refractivity (Wildman–Crippen MR) is 115 cm³/mol. The molecule has 1 aromatic rings. The Bertz CT molecular complexity index is 670. The van der Waals surface area contributed by atoms with Gasteiger partial charge in [-0.2, -0.15) is 0 Å². The first kappa shape index (κ1) is 21.9. The highest BCUT2D eigenvalue weighted by molar-refractivity contribution is 14.0. The SMILES string of the molecule is CCN=C(NC1CC1c1ccccc1F)N1CCCC(C(=O)OCC)C1.I. The summed E-state index contributed by atoms with van der Waals surface area (Å²) in [6.07, 6.45) is 2.70. The molecule has 27 heavy (non-hydrogen) atoms. The number of piperidine rings is 1. The number of esters is 1. The van der Waals surface area contributed by atoms with E-state index in [2.05, 4.69) is 15.2 Å². The van der Waals surface area contributed by atoms with Crippen molar-refractivity contribution in [2.45, 2.75) is 45.1 Å². The van der Waals surface area contributed by atoms with Crippen molar-refractivity contribution in [2.75, 3.05) is 26.2 Å². The molecule has 150 valence electrons. The van der Waals surface area contributed by atoms with Gasteiger partial charge in [-0.3, -0.25) is 9.79 Å². The van der Waals surface area contributed by atoms with Crippen LogP contribution in [0.5, 0.6) is 0 Å². The molecule has 0 amide bonds. The van der Waals surface area contributed by atoms with Gasteiger partial charge in [0.15, 0.2) is 5.96 Å². The summed E-state index contributed by atoms with van der Waals surface area (Å²) >= 11 is 0. The molecular formula is C20H29FIN3O2. The number of hydrogen-bond acceptors (Lipinski definition) is 3. The number of halogens is 2. The van der Waals surface area contributed by atoms with Crippen LogP contribution < -0.4 is 5.32 Å². The van der Waals surface area contributed by atoms with Gasteiger partial charge in [-0.15, -0.1) is 24.0 Å². The smallest absolute Gasteiger partial charge is 0.310 e. The van der Waals surface area contributed by atoms with E-state index in [0.717, 1.165) is 37.3 Å². The van der Waals surface area contributed by atoms with Gasteiger partial charge < -0.3 is 15.0 Å². The molecule has 3 unspecified atom stereocenters. The second-order valence-electron chi connectivity index (χ2n) is 6.95. The van der Waals surface area contributed by atoms with Crippen molar-refractivity contribution in [3.63, 3.8) is 0 Å². The lowest BCUT2D eigenvalue weighted by atomic mass is 9.98. The van der Waals surface area contributed by atoms with Crippen LogP contribution >= 0.6 is 24.0 Å². The van der Waals surface area contributed by atoms with Crippen molar-refractivity contribution in [1.29, 1.82) is 0 Å². The molecule has 3 rings (SSSR count). The Balaban J connectivity index is 0.00000261. The fourth-order valence-electron chi connectivity index (χ4n) is 3.65. The lowest BCUT2D eigenvalue weighted by Gasteiger charge is -2.34. The topological polar surface area (TPSA) is 53.9 Å². The van der Waals surface area contributed by atoms with E-state index in [1.54, 1.807) is 6.07 Å². The Morgan fingerprint density at radius 3 is 2.85 bits per heavy atom. The minimum Gasteiger partial charge on any atom is -0.466 e. The Hall–Kier alpha value is -1.38. The van der Waals surface area contributed by atoms with E-state index in [-0.39, 0.29) is 53.6 Å². The fourth-order valence-corrected chi connectivity index (χ4v) is 3.65. The molecule has 0 spiro atoms. The van der Waals surface area contributed by atoms with Crippen LogP contribution in [0, 0.1) is 11.7 Å². The van der Waals surface area contributed by atoms with E-state index in [1.807, 2.05) is 26.0 Å². The highest BCUT2D eigenvalue weighted by Crippen LogP contribution is 2.42. The van der Waals surface area contributed by atoms with E-state index in [1.165, 1.54) is 6.07 Å². The first-order valence-corrected chi connectivity index (χ1v) is 9.61. The Kier molecular flexibility index (Phi) is 8.31. The minimum absolute atomic E-state index is 0. The van der Waals surface area contributed by atoms with Crippen LogP contribution in [-0.2, 0) is 9.53 Å². The normalized spacial score (nSPS) is 24.8. The molecular weight excluding hydrogens is 460 g/mol. The van der Waals surface area contributed by atoms with E-state index in [4.69, 9.17) is 4.74 Å². The quantitative estimate of drug-likeness (QED) is 0.298. The molecule has 0 bridgehead atoms. The van der Waals surface area contributed by atoms with Gasteiger partial charge in [0.05, 0.1) is 12.5 Å². The van der Waals surface area contributed by atoms with Gasteiger partial charge >= 0.3 is 5.97 Å². The predicted octanol–water partition coefficient (Wildman–Crippen LogP) is 3.54. The molecule has 2 fully saturated rings. The van der Waals surface area contributed by atoms with Crippen LogP contribution in [0.4, 0.5) is 4.39 Å². The van der Waals surface area contributed by atoms with Crippen LogP contribution in [-0.4, -0.2) is 49.1 Å². The van der Waals surface area contributed by atoms with Crippen LogP contribution in [0.25, 0.3) is 0 Å². The number of carbonyl (C=O) groups is 1. The van der Waals surface area contributed by atoms with Crippen molar-refractivity contribution < 1.29 is 13.9 Å². The monoisotopic (exact) mass is 489 g/mol. The molecule has 1 aliphatic heterocycles. The lowest BCUT2D eigenvalue weighted by Crippen LogP contribution is -2.49. The maximum Gasteiger partial charge on any atom is 0.310 e. The van der Waals surface area contributed by atoms with Gasteiger partial charge in [0.25, 0.3) is 0 Å². The average Bonchev–Trinajstić information content (AvgIpc) is 3.41. The molecule has 1 aliphatic carbocycles. The third kappa shape index (κ3) is 5.56. The van der Waals surface area contributed by atoms with Crippen molar-refractivity contribution in [3.05, 3.63) is 35.6 Å². The van der Waals surface area contributed by atoms with Crippen molar-refractivity contribution in [2.24, 2.45) is 10.9 Å². The number of aliphatic imine (C=N–C) groups is 1. The fraction of sp³-hybridized carbons (Fsp3) is 0.600. The molecule has 1 saturated carbocycles. The minimum atomic E-state index is -0.142. The second kappa shape index (κ2) is 10.2. The molecule has 1 N–H and O–H groups in total. The number of nitrogens with one attached hydrogen (secondary N) is 1. The highest BCUT2D eigenvalue weighted by atomic mass is 127. The zero-order chi connectivity index (χ0) is 18.5. The summed E-state index contributed by atoms with van der Waals surface area (Å²) in [5.41, 5.74) is 0.767. The molecule has 1 saturated heterocycles. The summed E-state index contributed by atoms with van der Waals surface area (Å²) in [6.45, 7) is 6.41. The summed E-state index contributed by atoms with van der Waals surface area (Å²) in [5, 5.41) is 3.49. The first-order valence-electron chi connectivity index (χ1n) is 9.61. The molecule has 7 heteroatoms. The highest BCUT2D eigenvalue weighted by Gasteiger charge is 2.41.